The SMILES string of the molecule is Cc1nn(CCNC(=O)c2cc3ccccc3oc2=O)c(C)c1C. The van der Waals surface area contributed by atoms with E-state index in [-0.39, 0.29) is 5.56 Å². The molecule has 6 heteroatoms. The quantitative estimate of drug-likeness (QED) is 0.747. The Bertz CT molecular complexity index is 969. The molecule has 0 saturated heterocycles. The van der Waals surface area contributed by atoms with Gasteiger partial charge in [-0.1, -0.05) is 18.2 Å². The summed E-state index contributed by atoms with van der Waals surface area (Å²) in [6.07, 6.45) is 0. The summed E-state index contributed by atoms with van der Waals surface area (Å²) >= 11 is 0. The van der Waals surface area contributed by atoms with Crippen LogP contribution in [0, 0.1) is 20.8 Å². The lowest BCUT2D eigenvalue weighted by molar-refractivity contribution is 0.0948. The predicted octanol–water partition coefficient (Wildman–Crippen LogP) is 2.34. The fourth-order valence-corrected chi connectivity index (χ4v) is 2.59. The van der Waals surface area contributed by atoms with E-state index in [9.17, 15) is 9.59 Å². The number of carbonyl (C=O) groups is 1. The first-order valence-corrected chi connectivity index (χ1v) is 7.79. The summed E-state index contributed by atoms with van der Waals surface area (Å²) < 4.78 is 7.04. The highest BCUT2D eigenvalue weighted by Crippen LogP contribution is 2.13. The van der Waals surface area contributed by atoms with Crippen molar-refractivity contribution in [2.24, 2.45) is 0 Å². The summed E-state index contributed by atoms with van der Waals surface area (Å²) in [6, 6.07) is 8.66. The molecule has 0 aliphatic heterocycles. The Kier molecular flexibility index (Phi) is 4.20. The number of aryl methyl sites for hydroxylation is 1. The van der Waals surface area contributed by atoms with Gasteiger partial charge in [-0.05, 0) is 38.5 Å². The number of carbonyl (C=O) groups excluding carboxylic acids is 1. The van der Waals surface area contributed by atoms with Crippen LogP contribution in [0.3, 0.4) is 0 Å². The van der Waals surface area contributed by atoms with Gasteiger partial charge < -0.3 is 9.73 Å². The van der Waals surface area contributed by atoms with Gasteiger partial charge in [-0.15, -0.1) is 0 Å². The lowest BCUT2D eigenvalue weighted by atomic mass is 10.2. The van der Waals surface area contributed by atoms with Crippen molar-refractivity contribution in [3.05, 3.63) is 63.3 Å². The Morgan fingerprint density at radius 1 is 1.25 bits per heavy atom. The number of fused-ring (bicyclic) bond motifs is 1. The lowest BCUT2D eigenvalue weighted by Gasteiger charge is -2.07. The average Bonchev–Trinajstić information content (AvgIpc) is 2.81. The van der Waals surface area contributed by atoms with Crippen molar-refractivity contribution in [3.8, 4) is 0 Å². The third kappa shape index (κ3) is 2.95. The summed E-state index contributed by atoms with van der Waals surface area (Å²) in [4.78, 5) is 24.2. The van der Waals surface area contributed by atoms with E-state index in [4.69, 9.17) is 4.42 Å². The molecule has 0 saturated carbocycles. The van der Waals surface area contributed by atoms with Crippen LogP contribution >= 0.6 is 0 Å². The van der Waals surface area contributed by atoms with Crippen molar-refractivity contribution in [1.82, 2.24) is 15.1 Å². The second-order valence-electron chi connectivity index (χ2n) is 5.76. The van der Waals surface area contributed by atoms with Gasteiger partial charge in [0.1, 0.15) is 11.1 Å². The van der Waals surface area contributed by atoms with Crippen molar-refractivity contribution in [3.63, 3.8) is 0 Å². The van der Waals surface area contributed by atoms with Crippen molar-refractivity contribution in [2.75, 3.05) is 6.54 Å². The summed E-state index contributed by atoms with van der Waals surface area (Å²) in [5, 5.41) is 7.89. The molecule has 0 bridgehead atoms. The molecule has 3 rings (SSSR count). The summed E-state index contributed by atoms with van der Waals surface area (Å²) in [6.45, 7) is 6.90. The Labute approximate surface area is 139 Å². The van der Waals surface area contributed by atoms with Crippen molar-refractivity contribution in [2.45, 2.75) is 27.3 Å². The van der Waals surface area contributed by atoms with Gasteiger partial charge >= 0.3 is 5.63 Å². The minimum atomic E-state index is -0.631. The molecule has 3 aromatic rings. The standard InChI is InChI=1S/C18H19N3O3/c1-11-12(2)20-21(13(11)3)9-8-19-17(22)15-10-14-6-4-5-7-16(14)24-18(15)23/h4-7,10H,8-9H2,1-3H3,(H,19,22). The molecule has 0 atom stereocenters. The van der Waals surface area contributed by atoms with Crippen LogP contribution in [0.5, 0.6) is 0 Å². The molecule has 0 radical (unpaired) electrons. The van der Waals surface area contributed by atoms with Crippen LogP contribution in [0.2, 0.25) is 0 Å². The number of benzene rings is 1. The molecule has 0 aliphatic carbocycles. The van der Waals surface area contributed by atoms with Gasteiger partial charge in [0.05, 0.1) is 12.2 Å². The van der Waals surface area contributed by atoms with Gasteiger partial charge in [0.25, 0.3) is 5.91 Å². The number of rotatable bonds is 4. The molecule has 0 spiro atoms. The van der Waals surface area contributed by atoms with Crippen LogP contribution in [0.15, 0.2) is 39.5 Å². The zero-order valence-electron chi connectivity index (χ0n) is 13.9. The third-order valence-electron chi connectivity index (χ3n) is 4.24. The maximum atomic E-state index is 12.3. The first-order valence-electron chi connectivity index (χ1n) is 7.79. The molecular formula is C18H19N3O3. The molecule has 24 heavy (non-hydrogen) atoms. The van der Waals surface area contributed by atoms with Crippen LogP contribution in [0.25, 0.3) is 11.0 Å². The van der Waals surface area contributed by atoms with Gasteiger partial charge in [-0.25, -0.2) is 4.79 Å². The largest absolute Gasteiger partial charge is 0.422 e. The molecule has 0 aliphatic rings. The number of hydrogen-bond acceptors (Lipinski definition) is 4. The molecule has 2 aromatic heterocycles. The summed E-state index contributed by atoms with van der Waals surface area (Å²) in [7, 11) is 0. The van der Waals surface area contributed by atoms with Gasteiger partial charge in [0.15, 0.2) is 0 Å². The Hall–Kier alpha value is -2.89. The molecule has 1 aromatic carbocycles. The molecular weight excluding hydrogens is 306 g/mol. The average molecular weight is 325 g/mol. The smallest absolute Gasteiger partial charge is 0.349 e. The maximum absolute atomic E-state index is 12.3. The minimum Gasteiger partial charge on any atom is -0.422 e. The highest BCUT2D eigenvalue weighted by Gasteiger charge is 2.13. The topological polar surface area (TPSA) is 77.1 Å². The second-order valence-corrected chi connectivity index (χ2v) is 5.76. The Morgan fingerprint density at radius 2 is 2.00 bits per heavy atom. The van der Waals surface area contributed by atoms with E-state index in [1.165, 1.54) is 0 Å². The van der Waals surface area contributed by atoms with E-state index < -0.39 is 11.5 Å². The highest BCUT2D eigenvalue weighted by molar-refractivity contribution is 5.96. The molecule has 1 N–H and O–H groups in total. The minimum absolute atomic E-state index is 0.0123. The molecule has 0 fully saturated rings. The molecule has 0 unspecified atom stereocenters. The highest BCUT2D eigenvalue weighted by atomic mass is 16.4. The fourth-order valence-electron chi connectivity index (χ4n) is 2.59. The second kappa shape index (κ2) is 6.31. The summed E-state index contributed by atoms with van der Waals surface area (Å²) in [5.74, 6) is -0.437. The number of para-hydroxylation sites is 1. The number of nitrogens with one attached hydrogen (secondary N) is 1. The van der Waals surface area contributed by atoms with Crippen LogP contribution in [-0.4, -0.2) is 22.2 Å². The molecule has 124 valence electrons. The van der Waals surface area contributed by atoms with E-state index in [0.29, 0.717) is 18.7 Å². The van der Waals surface area contributed by atoms with Crippen LogP contribution in [0.1, 0.15) is 27.3 Å². The zero-order chi connectivity index (χ0) is 17.3. The van der Waals surface area contributed by atoms with E-state index in [0.717, 1.165) is 22.3 Å². The number of aromatic nitrogens is 2. The lowest BCUT2D eigenvalue weighted by Crippen LogP contribution is -2.31. The van der Waals surface area contributed by atoms with Crippen LogP contribution in [0.4, 0.5) is 0 Å². The molecule has 2 heterocycles. The van der Waals surface area contributed by atoms with Crippen molar-refractivity contribution in [1.29, 1.82) is 0 Å². The van der Waals surface area contributed by atoms with Crippen molar-refractivity contribution >= 4 is 16.9 Å². The van der Waals surface area contributed by atoms with Gasteiger partial charge in [-0.3, -0.25) is 9.48 Å². The number of hydrogen-bond donors (Lipinski definition) is 1. The Morgan fingerprint density at radius 3 is 2.71 bits per heavy atom. The van der Waals surface area contributed by atoms with Gasteiger partial charge in [0, 0.05) is 17.6 Å². The first kappa shape index (κ1) is 16.0. The normalized spacial score (nSPS) is 11.0. The molecule has 6 nitrogen and oxygen atoms in total. The van der Waals surface area contributed by atoms with Gasteiger partial charge in [-0.2, -0.15) is 5.10 Å². The summed E-state index contributed by atoms with van der Waals surface area (Å²) in [5.41, 5.74) is 3.06. The first-order chi connectivity index (χ1) is 11.5. The van der Waals surface area contributed by atoms with Gasteiger partial charge in [0.2, 0.25) is 0 Å². The third-order valence-corrected chi connectivity index (χ3v) is 4.24. The zero-order valence-corrected chi connectivity index (χ0v) is 13.9. The van der Waals surface area contributed by atoms with E-state index >= 15 is 0 Å². The van der Waals surface area contributed by atoms with Crippen LogP contribution in [-0.2, 0) is 6.54 Å². The van der Waals surface area contributed by atoms with Crippen molar-refractivity contribution < 1.29 is 9.21 Å². The molecule has 1 amide bonds. The van der Waals surface area contributed by atoms with E-state index in [2.05, 4.69) is 10.4 Å². The van der Waals surface area contributed by atoms with Crippen LogP contribution < -0.4 is 10.9 Å². The van der Waals surface area contributed by atoms with E-state index in [1.807, 2.05) is 31.5 Å². The number of amides is 1. The maximum Gasteiger partial charge on any atom is 0.349 e. The Balaban J connectivity index is 1.72. The van der Waals surface area contributed by atoms with E-state index in [1.54, 1.807) is 24.3 Å². The number of nitrogens with zero attached hydrogens (tertiary/aromatic N) is 2. The fraction of sp³-hybridized carbons (Fsp3) is 0.278. The monoisotopic (exact) mass is 325 g/mol. The predicted molar refractivity (Wildman–Crippen MR) is 91.3 cm³/mol.